The summed E-state index contributed by atoms with van der Waals surface area (Å²) >= 11 is 11.8. The number of nitrogens with one attached hydrogen (secondary N) is 1. The SMILES string of the molecule is Cc1cc(C)cc(-n2cnc(C(=O)NS(=O)(=O)c3c(Cl)cccc3Cl)c2)c1. The lowest BCUT2D eigenvalue weighted by molar-refractivity contribution is 0.0977. The minimum absolute atomic E-state index is 0.0547. The Morgan fingerprint density at radius 2 is 1.67 bits per heavy atom. The minimum atomic E-state index is -4.25. The van der Waals surface area contributed by atoms with E-state index in [4.69, 9.17) is 23.2 Å². The number of carbonyl (C=O) groups is 1. The van der Waals surface area contributed by atoms with Crippen LogP contribution in [0.5, 0.6) is 0 Å². The van der Waals surface area contributed by atoms with Gasteiger partial charge in [0.05, 0.1) is 10.0 Å². The smallest absolute Gasteiger partial charge is 0.285 e. The zero-order chi connectivity index (χ0) is 19.8. The molecule has 0 atom stereocenters. The van der Waals surface area contributed by atoms with E-state index >= 15 is 0 Å². The van der Waals surface area contributed by atoms with Gasteiger partial charge < -0.3 is 4.57 Å². The first-order chi connectivity index (χ1) is 12.7. The molecule has 0 fully saturated rings. The van der Waals surface area contributed by atoms with Gasteiger partial charge in [-0.25, -0.2) is 18.1 Å². The lowest BCUT2D eigenvalue weighted by Crippen LogP contribution is -2.31. The zero-order valence-corrected chi connectivity index (χ0v) is 16.7. The largest absolute Gasteiger partial charge is 0.305 e. The average molecular weight is 424 g/mol. The Kier molecular flexibility index (Phi) is 5.28. The number of carbonyl (C=O) groups excluding carboxylic acids is 1. The van der Waals surface area contributed by atoms with Crippen molar-refractivity contribution in [1.29, 1.82) is 0 Å². The fourth-order valence-electron chi connectivity index (χ4n) is 2.65. The third-order valence-corrected chi connectivity index (χ3v) is 6.02. The maximum atomic E-state index is 12.5. The molecule has 0 unspecified atom stereocenters. The second kappa shape index (κ2) is 7.34. The van der Waals surface area contributed by atoms with Gasteiger partial charge in [-0.05, 0) is 49.2 Å². The molecular formula is C18H15Cl2N3O3S. The van der Waals surface area contributed by atoms with Crippen LogP contribution in [-0.4, -0.2) is 23.9 Å². The summed E-state index contributed by atoms with van der Waals surface area (Å²) in [4.78, 5) is 16.0. The van der Waals surface area contributed by atoms with Crippen molar-refractivity contribution in [2.75, 3.05) is 0 Å². The van der Waals surface area contributed by atoms with Crippen molar-refractivity contribution in [3.63, 3.8) is 0 Å². The summed E-state index contributed by atoms with van der Waals surface area (Å²) in [6, 6.07) is 10.1. The number of rotatable bonds is 4. The van der Waals surface area contributed by atoms with Gasteiger partial charge >= 0.3 is 0 Å². The number of hydrogen-bond acceptors (Lipinski definition) is 4. The summed E-state index contributed by atoms with van der Waals surface area (Å²) in [7, 11) is -4.25. The Bertz CT molecular complexity index is 1100. The first kappa shape index (κ1) is 19.4. The van der Waals surface area contributed by atoms with Crippen LogP contribution in [0.4, 0.5) is 0 Å². The molecule has 2 aromatic carbocycles. The molecule has 1 heterocycles. The third-order valence-electron chi connectivity index (χ3n) is 3.73. The van der Waals surface area contributed by atoms with Gasteiger partial charge in [-0.1, -0.05) is 35.3 Å². The molecule has 0 spiro atoms. The first-order valence-electron chi connectivity index (χ1n) is 7.81. The number of imidazole rings is 1. The molecule has 0 bridgehead atoms. The van der Waals surface area contributed by atoms with Crippen LogP contribution < -0.4 is 4.72 Å². The second-order valence-electron chi connectivity index (χ2n) is 6.00. The van der Waals surface area contributed by atoms with E-state index in [1.807, 2.05) is 36.8 Å². The second-order valence-corrected chi connectivity index (χ2v) is 8.43. The van der Waals surface area contributed by atoms with Crippen LogP contribution in [0.2, 0.25) is 10.0 Å². The van der Waals surface area contributed by atoms with E-state index in [1.165, 1.54) is 30.7 Å². The molecule has 6 nitrogen and oxygen atoms in total. The van der Waals surface area contributed by atoms with E-state index in [-0.39, 0.29) is 20.6 Å². The standard InChI is InChI=1S/C18H15Cl2N3O3S/c1-11-6-12(2)8-13(7-11)23-9-16(21-10-23)18(24)22-27(25,26)17-14(19)4-3-5-15(17)20/h3-10H,1-2H3,(H,22,24). The summed E-state index contributed by atoms with van der Waals surface area (Å²) in [5.74, 6) is -0.880. The number of halogens is 2. The number of sulfonamides is 1. The molecule has 27 heavy (non-hydrogen) atoms. The Balaban J connectivity index is 1.88. The van der Waals surface area contributed by atoms with Crippen molar-refractivity contribution >= 4 is 39.1 Å². The van der Waals surface area contributed by atoms with E-state index in [2.05, 4.69) is 4.98 Å². The normalized spacial score (nSPS) is 11.4. The lowest BCUT2D eigenvalue weighted by atomic mass is 10.1. The fraction of sp³-hybridized carbons (Fsp3) is 0.111. The molecule has 1 aromatic heterocycles. The topological polar surface area (TPSA) is 81.1 Å². The Morgan fingerprint density at radius 1 is 1.07 bits per heavy atom. The van der Waals surface area contributed by atoms with Gasteiger partial charge in [0.15, 0.2) is 0 Å². The number of nitrogens with zero attached hydrogens (tertiary/aromatic N) is 2. The fourth-order valence-corrected chi connectivity index (χ4v) is 4.75. The van der Waals surface area contributed by atoms with Crippen LogP contribution in [0.3, 0.4) is 0 Å². The van der Waals surface area contributed by atoms with Crippen LogP contribution in [-0.2, 0) is 10.0 Å². The molecule has 1 N–H and O–H groups in total. The maximum Gasteiger partial charge on any atom is 0.285 e. The van der Waals surface area contributed by atoms with Crippen molar-refractivity contribution < 1.29 is 13.2 Å². The van der Waals surface area contributed by atoms with Gasteiger partial charge in [-0.3, -0.25) is 4.79 Å². The molecular weight excluding hydrogens is 409 g/mol. The molecule has 0 aliphatic carbocycles. The van der Waals surface area contributed by atoms with E-state index < -0.39 is 15.9 Å². The van der Waals surface area contributed by atoms with Crippen molar-refractivity contribution in [2.45, 2.75) is 18.7 Å². The minimum Gasteiger partial charge on any atom is -0.305 e. The molecule has 3 rings (SSSR count). The van der Waals surface area contributed by atoms with Gasteiger partial charge in [0, 0.05) is 11.9 Å². The number of hydrogen-bond donors (Lipinski definition) is 1. The molecule has 0 saturated carbocycles. The predicted octanol–water partition coefficient (Wildman–Crippen LogP) is 3.91. The van der Waals surface area contributed by atoms with Crippen LogP contribution in [0.15, 0.2) is 53.8 Å². The van der Waals surface area contributed by atoms with Crippen molar-refractivity contribution in [2.24, 2.45) is 0 Å². The number of aromatic nitrogens is 2. The summed E-state index contributed by atoms with van der Waals surface area (Å²) in [5, 5.41) is -0.160. The summed E-state index contributed by atoms with van der Waals surface area (Å²) in [6.07, 6.45) is 2.89. The highest BCUT2D eigenvalue weighted by Gasteiger charge is 2.25. The Hall–Kier alpha value is -2.35. The zero-order valence-electron chi connectivity index (χ0n) is 14.4. The van der Waals surface area contributed by atoms with Crippen LogP contribution in [0, 0.1) is 13.8 Å². The highest BCUT2D eigenvalue weighted by Crippen LogP contribution is 2.28. The molecule has 0 radical (unpaired) electrons. The molecule has 0 aliphatic rings. The van der Waals surface area contributed by atoms with Gasteiger partial charge in [-0.15, -0.1) is 0 Å². The van der Waals surface area contributed by atoms with Crippen molar-refractivity contribution in [1.82, 2.24) is 14.3 Å². The Labute approximate surface area is 166 Å². The van der Waals surface area contributed by atoms with E-state index in [1.54, 1.807) is 4.57 Å². The summed E-state index contributed by atoms with van der Waals surface area (Å²) in [6.45, 7) is 3.92. The van der Waals surface area contributed by atoms with Gasteiger partial charge in [0.1, 0.15) is 16.9 Å². The number of amides is 1. The van der Waals surface area contributed by atoms with E-state index in [9.17, 15) is 13.2 Å². The quantitative estimate of drug-likeness (QED) is 0.689. The molecule has 3 aromatic rings. The maximum absolute atomic E-state index is 12.5. The Morgan fingerprint density at radius 3 is 2.26 bits per heavy atom. The van der Waals surface area contributed by atoms with E-state index in [0.717, 1.165) is 16.8 Å². The van der Waals surface area contributed by atoms with Gasteiger partial charge in [0.2, 0.25) is 0 Å². The summed E-state index contributed by atoms with van der Waals surface area (Å²) in [5.41, 5.74) is 2.87. The summed E-state index contributed by atoms with van der Waals surface area (Å²) < 4.78 is 28.6. The highest BCUT2D eigenvalue weighted by atomic mass is 35.5. The molecule has 9 heteroatoms. The number of aryl methyl sites for hydroxylation is 2. The first-order valence-corrected chi connectivity index (χ1v) is 10.0. The van der Waals surface area contributed by atoms with Gasteiger partial charge in [0.25, 0.3) is 15.9 Å². The van der Waals surface area contributed by atoms with Crippen molar-refractivity contribution in [3.8, 4) is 5.69 Å². The number of benzene rings is 2. The van der Waals surface area contributed by atoms with Gasteiger partial charge in [-0.2, -0.15) is 0 Å². The lowest BCUT2D eigenvalue weighted by Gasteiger charge is -2.09. The van der Waals surface area contributed by atoms with E-state index in [0.29, 0.717) is 0 Å². The van der Waals surface area contributed by atoms with Crippen molar-refractivity contribution in [3.05, 3.63) is 75.8 Å². The average Bonchev–Trinajstić information content (AvgIpc) is 3.03. The molecule has 0 saturated heterocycles. The predicted molar refractivity (Wildman–Crippen MR) is 104 cm³/mol. The van der Waals surface area contributed by atoms with Crippen LogP contribution in [0.25, 0.3) is 5.69 Å². The van der Waals surface area contributed by atoms with Crippen LogP contribution in [0.1, 0.15) is 21.6 Å². The third kappa shape index (κ3) is 4.16. The molecule has 140 valence electrons. The highest BCUT2D eigenvalue weighted by molar-refractivity contribution is 7.90. The monoisotopic (exact) mass is 423 g/mol. The molecule has 1 amide bonds. The molecule has 0 aliphatic heterocycles. The van der Waals surface area contributed by atoms with Crippen LogP contribution >= 0.6 is 23.2 Å².